The van der Waals surface area contributed by atoms with E-state index < -0.39 is 28.8 Å². The molecule has 0 aliphatic carbocycles. The SMILES string of the molecule is CCOC(=O)/C(=C(/C)C[C@@H]1O[C@H](CC)[C@H](C)[C@H](OCc2ccccc2)[C@H]1OCc1ccccc1)[N+](=O)[O-]. The van der Waals surface area contributed by atoms with Crippen LogP contribution in [0.5, 0.6) is 0 Å². The van der Waals surface area contributed by atoms with Crippen LogP contribution in [0.2, 0.25) is 0 Å². The summed E-state index contributed by atoms with van der Waals surface area (Å²) in [5.74, 6) is -0.921. The van der Waals surface area contributed by atoms with Crippen molar-refractivity contribution >= 4 is 5.97 Å². The van der Waals surface area contributed by atoms with Crippen molar-refractivity contribution in [3.05, 3.63) is 93.2 Å². The Hall–Kier alpha value is -3.07. The minimum atomic E-state index is -0.945. The van der Waals surface area contributed by atoms with E-state index in [1.54, 1.807) is 13.8 Å². The van der Waals surface area contributed by atoms with Gasteiger partial charge in [-0.2, -0.15) is 0 Å². The highest BCUT2D eigenvalue weighted by Gasteiger charge is 2.45. The number of ether oxygens (including phenoxy) is 4. The fraction of sp³-hybridized carbons (Fsp3) is 0.483. The second-order valence-corrected chi connectivity index (χ2v) is 9.31. The molecule has 8 nitrogen and oxygen atoms in total. The summed E-state index contributed by atoms with van der Waals surface area (Å²) in [5, 5.41) is 11.7. The largest absolute Gasteiger partial charge is 0.458 e. The first-order valence-electron chi connectivity index (χ1n) is 12.8. The molecule has 1 aliphatic rings. The van der Waals surface area contributed by atoms with Crippen LogP contribution in [0.3, 0.4) is 0 Å². The summed E-state index contributed by atoms with van der Waals surface area (Å²) < 4.78 is 24.3. The van der Waals surface area contributed by atoms with Crippen molar-refractivity contribution in [2.75, 3.05) is 6.61 Å². The molecular formula is C29H37NO7. The summed E-state index contributed by atoms with van der Waals surface area (Å²) in [4.78, 5) is 23.4. The van der Waals surface area contributed by atoms with Crippen molar-refractivity contribution in [1.29, 1.82) is 0 Å². The molecule has 0 spiro atoms. The van der Waals surface area contributed by atoms with Crippen LogP contribution >= 0.6 is 0 Å². The van der Waals surface area contributed by atoms with Crippen molar-refractivity contribution in [3.63, 3.8) is 0 Å². The van der Waals surface area contributed by atoms with Crippen molar-refractivity contribution in [2.24, 2.45) is 5.92 Å². The van der Waals surface area contributed by atoms with Crippen molar-refractivity contribution < 1.29 is 28.7 Å². The first kappa shape index (κ1) is 28.5. The number of carbonyl (C=O) groups is 1. The van der Waals surface area contributed by atoms with E-state index in [4.69, 9.17) is 18.9 Å². The van der Waals surface area contributed by atoms with Gasteiger partial charge in [-0.15, -0.1) is 0 Å². The maximum Gasteiger partial charge on any atom is 0.409 e. The van der Waals surface area contributed by atoms with Crippen LogP contribution in [-0.2, 0) is 37.0 Å². The molecule has 2 aromatic carbocycles. The zero-order valence-electron chi connectivity index (χ0n) is 22.0. The minimum absolute atomic E-state index is 0.0232. The predicted molar refractivity (Wildman–Crippen MR) is 139 cm³/mol. The van der Waals surface area contributed by atoms with E-state index in [0.29, 0.717) is 13.2 Å². The van der Waals surface area contributed by atoms with E-state index in [1.165, 1.54) is 0 Å². The van der Waals surface area contributed by atoms with Crippen molar-refractivity contribution in [3.8, 4) is 0 Å². The van der Waals surface area contributed by atoms with Gasteiger partial charge in [-0.05, 0) is 31.4 Å². The van der Waals surface area contributed by atoms with Gasteiger partial charge in [0.05, 0.1) is 43.1 Å². The number of esters is 1. The van der Waals surface area contributed by atoms with E-state index in [1.807, 2.05) is 67.6 Å². The molecule has 0 bridgehead atoms. The van der Waals surface area contributed by atoms with Gasteiger partial charge in [0.25, 0.3) is 0 Å². The molecule has 0 N–H and O–H groups in total. The maximum atomic E-state index is 12.3. The number of carbonyl (C=O) groups excluding carboxylic acids is 1. The number of hydrogen-bond acceptors (Lipinski definition) is 7. The molecule has 0 unspecified atom stereocenters. The molecule has 1 fully saturated rings. The van der Waals surface area contributed by atoms with Crippen LogP contribution in [0.4, 0.5) is 0 Å². The molecule has 200 valence electrons. The fourth-order valence-electron chi connectivity index (χ4n) is 4.77. The molecule has 8 heteroatoms. The summed E-state index contributed by atoms with van der Waals surface area (Å²) in [5.41, 5.74) is 1.77. The third-order valence-corrected chi connectivity index (χ3v) is 6.68. The first-order valence-corrected chi connectivity index (χ1v) is 12.8. The summed E-state index contributed by atoms with van der Waals surface area (Å²) in [7, 11) is 0. The summed E-state index contributed by atoms with van der Waals surface area (Å²) in [6, 6.07) is 19.7. The number of benzene rings is 2. The Balaban J connectivity index is 1.92. The molecule has 3 rings (SSSR count). The standard InChI is InChI=1S/C29H37NO7/c1-5-24-21(4)27(35-18-22-13-9-7-10-14-22)28(36-19-23-15-11-8-12-16-23)25(37-24)17-20(3)26(30(32)33)29(31)34-6-2/h7-16,21,24-25,27-28H,5-6,17-19H2,1-4H3/b26-20+/t21-,24+,25-,27-,28-/m0/s1. The summed E-state index contributed by atoms with van der Waals surface area (Å²) in [6.07, 6.45) is -0.610. The van der Waals surface area contributed by atoms with E-state index in [0.717, 1.165) is 17.5 Å². The Morgan fingerprint density at radius 3 is 1.95 bits per heavy atom. The average Bonchev–Trinajstić information content (AvgIpc) is 2.89. The number of nitrogens with zero attached hydrogens (tertiary/aromatic N) is 1. The molecule has 5 atom stereocenters. The van der Waals surface area contributed by atoms with Gasteiger partial charge in [-0.25, -0.2) is 4.79 Å². The van der Waals surface area contributed by atoms with E-state index in [9.17, 15) is 14.9 Å². The second kappa shape index (κ2) is 14.0. The van der Waals surface area contributed by atoms with Gasteiger partial charge in [-0.3, -0.25) is 10.1 Å². The van der Waals surface area contributed by atoms with Gasteiger partial charge in [-0.1, -0.05) is 74.5 Å². The lowest BCUT2D eigenvalue weighted by Gasteiger charge is -2.45. The molecule has 1 heterocycles. The Labute approximate surface area is 218 Å². The molecule has 2 aromatic rings. The number of nitro groups is 1. The van der Waals surface area contributed by atoms with Crippen molar-refractivity contribution in [2.45, 2.75) is 78.2 Å². The molecular weight excluding hydrogens is 474 g/mol. The summed E-state index contributed by atoms with van der Waals surface area (Å²) in [6.45, 7) is 8.11. The Kier molecular flexibility index (Phi) is 10.8. The first-order chi connectivity index (χ1) is 17.8. The molecule has 0 aromatic heterocycles. The molecule has 1 saturated heterocycles. The monoisotopic (exact) mass is 511 g/mol. The van der Waals surface area contributed by atoms with E-state index >= 15 is 0 Å². The topological polar surface area (TPSA) is 97.1 Å². The second-order valence-electron chi connectivity index (χ2n) is 9.31. The van der Waals surface area contributed by atoms with Crippen LogP contribution < -0.4 is 0 Å². The number of rotatable bonds is 12. The molecule has 37 heavy (non-hydrogen) atoms. The maximum absolute atomic E-state index is 12.3. The van der Waals surface area contributed by atoms with Crippen LogP contribution in [0.15, 0.2) is 71.9 Å². The zero-order valence-corrected chi connectivity index (χ0v) is 22.0. The normalized spacial score (nSPS) is 24.3. The predicted octanol–water partition coefficient (Wildman–Crippen LogP) is 5.47. The van der Waals surface area contributed by atoms with Crippen LogP contribution in [-0.4, -0.2) is 41.9 Å². The van der Waals surface area contributed by atoms with Gasteiger partial charge in [0.15, 0.2) is 0 Å². The van der Waals surface area contributed by atoms with Crippen LogP contribution in [0, 0.1) is 16.0 Å². The quantitative estimate of drug-likeness (QED) is 0.161. The number of hydrogen-bond donors (Lipinski definition) is 0. The highest BCUT2D eigenvalue weighted by Crippen LogP contribution is 2.35. The highest BCUT2D eigenvalue weighted by molar-refractivity contribution is 5.86. The summed E-state index contributed by atoms with van der Waals surface area (Å²) >= 11 is 0. The lowest BCUT2D eigenvalue weighted by Crippen LogP contribution is -2.55. The van der Waals surface area contributed by atoms with Gasteiger partial charge in [0.1, 0.15) is 6.10 Å². The third kappa shape index (κ3) is 7.71. The minimum Gasteiger partial charge on any atom is -0.458 e. The van der Waals surface area contributed by atoms with Crippen molar-refractivity contribution in [1.82, 2.24) is 0 Å². The lowest BCUT2D eigenvalue weighted by molar-refractivity contribution is -0.422. The molecule has 1 aliphatic heterocycles. The van der Waals surface area contributed by atoms with Gasteiger partial charge < -0.3 is 18.9 Å². The average molecular weight is 512 g/mol. The Morgan fingerprint density at radius 2 is 1.46 bits per heavy atom. The van der Waals surface area contributed by atoms with E-state index in [-0.39, 0.29) is 36.7 Å². The van der Waals surface area contributed by atoms with Gasteiger partial charge in [0, 0.05) is 17.9 Å². The van der Waals surface area contributed by atoms with Gasteiger partial charge >= 0.3 is 11.7 Å². The highest BCUT2D eigenvalue weighted by atomic mass is 16.6. The lowest BCUT2D eigenvalue weighted by atomic mass is 9.84. The van der Waals surface area contributed by atoms with Crippen LogP contribution in [0.25, 0.3) is 0 Å². The zero-order chi connectivity index (χ0) is 26.8. The Bertz CT molecular complexity index is 1040. The molecule has 0 radical (unpaired) electrons. The smallest absolute Gasteiger partial charge is 0.409 e. The van der Waals surface area contributed by atoms with Crippen LogP contribution in [0.1, 0.15) is 51.7 Å². The van der Waals surface area contributed by atoms with Gasteiger partial charge in [0.2, 0.25) is 0 Å². The van der Waals surface area contributed by atoms with E-state index in [2.05, 4.69) is 6.92 Å². The Morgan fingerprint density at radius 1 is 0.919 bits per heavy atom. The third-order valence-electron chi connectivity index (χ3n) is 6.68. The molecule has 0 amide bonds. The fourth-order valence-corrected chi connectivity index (χ4v) is 4.77. The molecule has 0 saturated carbocycles.